The number of halogens is 1. The smallest absolute Gasteiger partial charge is 0.293 e. The number of amides is 2. The van der Waals surface area contributed by atoms with Crippen LogP contribution >= 0.6 is 23.4 Å². The summed E-state index contributed by atoms with van der Waals surface area (Å²) in [5.74, 6) is -0.287. The van der Waals surface area contributed by atoms with Crippen molar-refractivity contribution >= 4 is 40.6 Å². The number of nitrogens with zero attached hydrogens (tertiary/aromatic N) is 1. The number of carbonyl (C=O) groups excluding carboxylic acids is 2. The lowest BCUT2D eigenvalue weighted by Gasteiger charge is -2.09. The van der Waals surface area contributed by atoms with Gasteiger partial charge < -0.3 is 5.73 Å². The van der Waals surface area contributed by atoms with Gasteiger partial charge in [-0.15, -0.1) is 0 Å². The highest BCUT2D eigenvalue weighted by atomic mass is 35.5. The number of nitrogens with two attached hydrogens (primary N) is 1. The molecule has 1 aromatic carbocycles. The highest BCUT2D eigenvalue weighted by Crippen LogP contribution is 2.31. The van der Waals surface area contributed by atoms with Crippen molar-refractivity contribution in [3.8, 4) is 0 Å². The van der Waals surface area contributed by atoms with Gasteiger partial charge in [0.05, 0.1) is 4.91 Å². The maximum Gasteiger partial charge on any atom is 0.293 e. The Labute approximate surface area is 114 Å². The summed E-state index contributed by atoms with van der Waals surface area (Å²) in [4.78, 5) is 25.1. The van der Waals surface area contributed by atoms with Crippen LogP contribution < -0.4 is 5.73 Å². The minimum Gasteiger partial charge on any atom is -0.329 e. The predicted molar refractivity (Wildman–Crippen MR) is 73.2 cm³/mol. The van der Waals surface area contributed by atoms with Crippen molar-refractivity contribution in [2.75, 3.05) is 13.1 Å². The lowest BCUT2D eigenvalue weighted by Crippen LogP contribution is -2.33. The first-order valence-electron chi connectivity index (χ1n) is 5.33. The number of carbonyl (C=O) groups is 2. The number of hydrogen-bond acceptors (Lipinski definition) is 4. The van der Waals surface area contributed by atoms with Gasteiger partial charge in [0.15, 0.2) is 0 Å². The molecule has 4 nitrogen and oxygen atoms in total. The van der Waals surface area contributed by atoms with Gasteiger partial charge in [0.2, 0.25) is 0 Å². The van der Waals surface area contributed by atoms with Crippen LogP contribution in [0.3, 0.4) is 0 Å². The van der Waals surface area contributed by atoms with Crippen LogP contribution in [0.1, 0.15) is 5.56 Å². The van der Waals surface area contributed by atoms with E-state index in [-0.39, 0.29) is 24.2 Å². The van der Waals surface area contributed by atoms with Gasteiger partial charge in [-0.2, -0.15) is 0 Å². The van der Waals surface area contributed by atoms with Gasteiger partial charge in [-0.05, 0) is 35.5 Å². The molecule has 2 rings (SSSR count). The van der Waals surface area contributed by atoms with Crippen molar-refractivity contribution in [2.45, 2.75) is 0 Å². The Bertz CT molecular complexity index is 513. The standard InChI is InChI=1S/C12H11ClN2O2S/c13-9-3-1-8(2-4-9)7-10-11(16)15(6-5-14)12(17)18-10/h1-4,7H,5-6,14H2. The maximum absolute atomic E-state index is 11.9. The summed E-state index contributed by atoms with van der Waals surface area (Å²) < 4.78 is 0. The Kier molecular flexibility index (Phi) is 4.06. The van der Waals surface area contributed by atoms with Crippen LogP contribution in [-0.4, -0.2) is 29.1 Å². The van der Waals surface area contributed by atoms with E-state index in [1.54, 1.807) is 30.3 Å². The first-order valence-corrected chi connectivity index (χ1v) is 6.52. The molecule has 0 radical (unpaired) electrons. The van der Waals surface area contributed by atoms with Gasteiger partial charge in [0.25, 0.3) is 11.1 Å². The van der Waals surface area contributed by atoms with Crippen molar-refractivity contribution in [3.05, 3.63) is 39.8 Å². The van der Waals surface area contributed by atoms with E-state index in [9.17, 15) is 9.59 Å². The lowest BCUT2D eigenvalue weighted by atomic mass is 10.2. The summed E-state index contributed by atoms with van der Waals surface area (Å²) in [7, 11) is 0. The van der Waals surface area contributed by atoms with Crippen molar-refractivity contribution in [2.24, 2.45) is 5.73 Å². The molecule has 0 atom stereocenters. The molecule has 0 spiro atoms. The summed E-state index contributed by atoms with van der Waals surface area (Å²) in [5.41, 5.74) is 6.19. The van der Waals surface area contributed by atoms with E-state index in [1.165, 1.54) is 0 Å². The van der Waals surface area contributed by atoms with Crippen molar-refractivity contribution in [1.29, 1.82) is 0 Å². The quantitative estimate of drug-likeness (QED) is 0.864. The van der Waals surface area contributed by atoms with E-state index < -0.39 is 0 Å². The van der Waals surface area contributed by atoms with Gasteiger partial charge in [-0.1, -0.05) is 23.7 Å². The number of imide groups is 1. The van der Waals surface area contributed by atoms with Crippen LogP contribution in [0, 0.1) is 0 Å². The molecule has 94 valence electrons. The third kappa shape index (κ3) is 2.75. The molecule has 1 saturated heterocycles. The van der Waals surface area contributed by atoms with E-state index in [2.05, 4.69) is 0 Å². The van der Waals surface area contributed by atoms with E-state index in [4.69, 9.17) is 17.3 Å². The van der Waals surface area contributed by atoms with Gasteiger partial charge in [-0.3, -0.25) is 14.5 Å². The van der Waals surface area contributed by atoms with E-state index in [0.717, 1.165) is 22.2 Å². The van der Waals surface area contributed by atoms with Crippen LogP contribution in [0.5, 0.6) is 0 Å². The van der Waals surface area contributed by atoms with Crippen LogP contribution in [0.25, 0.3) is 6.08 Å². The van der Waals surface area contributed by atoms with Gasteiger partial charge in [0, 0.05) is 18.1 Å². The number of hydrogen-bond donors (Lipinski definition) is 1. The molecule has 1 heterocycles. The fraction of sp³-hybridized carbons (Fsp3) is 0.167. The molecule has 18 heavy (non-hydrogen) atoms. The summed E-state index contributed by atoms with van der Waals surface area (Å²) in [6.45, 7) is 0.523. The highest BCUT2D eigenvalue weighted by Gasteiger charge is 2.34. The van der Waals surface area contributed by atoms with Crippen LogP contribution in [0.2, 0.25) is 5.02 Å². The SMILES string of the molecule is NCCN1C(=O)SC(=Cc2ccc(Cl)cc2)C1=O. The first-order chi connectivity index (χ1) is 8.61. The average Bonchev–Trinajstić information content (AvgIpc) is 2.60. The molecular weight excluding hydrogens is 272 g/mol. The molecule has 0 saturated carbocycles. The first kappa shape index (κ1) is 13.1. The third-order valence-electron chi connectivity index (χ3n) is 2.39. The zero-order valence-electron chi connectivity index (χ0n) is 9.43. The molecule has 1 aromatic rings. The second kappa shape index (κ2) is 5.56. The van der Waals surface area contributed by atoms with Gasteiger partial charge in [-0.25, -0.2) is 0 Å². The lowest BCUT2D eigenvalue weighted by molar-refractivity contribution is -0.122. The Morgan fingerprint density at radius 2 is 1.94 bits per heavy atom. The van der Waals surface area contributed by atoms with Crippen molar-refractivity contribution < 1.29 is 9.59 Å². The average molecular weight is 283 g/mol. The zero-order valence-corrected chi connectivity index (χ0v) is 11.0. The van der Waals surface area contributed by atoms with Crippen LogP contribution in [0.4, 0.5) is 4.79 Å². The molecule has 1 fully saturated rings. The molecule has 0 aromatic heterocycles. The predicted octanol–water partition coefficient (Wildman–Crippen LogP) is 2.33. The summed E-state index contributed by atoms with van der Waals surface area (Å²) in [5, 5.41) is 0.356. The van der Waals surface area contributed by atoms with E-state index in [1.807, 2.05) is 0 Å². The molecule has 0 bridgehead atoms. The molecule has 1 aliphatic rings. The summed E-state index contributed by atoms with van der Waals surface area (Å²) in [6.07, 6.45) is 1.68. The van der Waals surface area contributed by atoms with E-state index in [0.29, 0.717) is 9.93 Å². The number of benzene rings is 1. The molecular formula is C12H11ClN2O2S. The minimum absolute atomic E-state index is 0.253. The number of thioether (sulfide) groups is 1. The summed E-state index contributed by atoms with van der Waals surface area (Å²) in [6, 6.07) is 7.05. The Morgan fingerprint density at radius 3 is 2.56 bits per heavy atom. The van der Waals surface area contributed by atoms with Gasteiger partial charge >= 0.3 is 0 Å². The molecule has 2 amide bonds. The van der Waals surface area contributed by atoms with Gasteiger partial charge in [0.1, 0.15) is 0 Å². The second-order valence-electron chi connectivity index (χ2n) is 3.67. The zero-order chi connectivity index (χ0) is 13.1. The molecule has 6 heteroatoms. The Hall–Kier alpha value is -1.30. The molecule has 2 N–H and O–H groups in total. The third-order valence-corrected chi connectivity index (χ3v) is 3.55. The highest BCUT2D eigenvalue weighted by molar-refractivity contribution is 8.18. The van der Waals surface area contributed by atoms with Crippen molar-refractivity contribution in [3.63, 3.8) is 0 Å². The van der Waals surface area contributed by atoms with Crippen LogP contribution in [-0.2, 0) is 4.79 Å². The largest absolute Gasteiger partial charge is 0.329 e. The summed E-state index contributed by atoms with van der Waals surface area (Å²) >= 11 is 6.71. The topological polar surface area (TPSA) is 63.4 Å². The van der Waals surface area contributed by atoms with E-state index >= 15 is 0 Å². The molecule has 0 aliphatic carbocycles. The fourth-order valence-electron chi connectivity index (χ4n) is 1.53. The fourth-order valence-corrected chi connectivity index (χ4v) is 2.52. The second-order valence-corrected chi connectivity index (χ2v) is 5.10. The molecule has 1 aliphatic heterocycles. The van der Waals surface area contributed by atoms with Crippen LogP contribution in [0.15, 0.2) is 29.2 Å². The molecule has 0 unspecified atom stereocenters. The Balaban J connectivity index is 2.22. The monoisotopic (exact) mass is 282 g/mol. The van der Waals surface area contributed by atoms with Crippen molar-refractivity contribution in [1.82, 2.24) is 4.90 Å². The normalized spacial score (nSPS) is 17.9. The minimum atomic E-state index is -0.287. The number of rotatable bonds is 3. The Morgan fingerprint density at radius 1 is 1.28 bits per heavy atom. The maximum atomic E-state index is 11.9.